The molecule has 14 heteroatoms. The van der Waals surface area contributed by atoms with Gasteiger partial charge in [-0.05, 0) is 57.7 Å². The highest BCUT2D eigenvalue weighted by atomic mass is 16.7. The number of nitrogens with two attached hydrogens (primary N) is 2. The van der Waals surface area contributed by atoms with Gasteiger partial charge in [0.05, 0.1) is 25.2 Å². The molecule has 0 aromatic heterocycles. The monoisotopic (exact) mass is 596 g/mol. The van der Waals surface area contributed by atoms with E-state index in [9.17, 15) is 24.0 Å². The first-order chi connectivity index (χ1) is 19.3. The number of hydrogen-bond acceptors (Lipinski definition) is 8. The van der Waals surface area contributed by atoms with Gasteiger partial charge in [0.2, 0.25) is 17.7 Å². The number of urea groups is 1. The molecule has 0 spiro atoms. The lowest BCUT2D eigenvalue weighted by atomic mass is 10.00. The van der Waals surface area contributed by atoms with Gasteiger partial charge in [-0.3, -0.25) is 14.4 Å². The van der Waals surface area contributed by atoms with E-state index in [0.29, 0.717) is 17.8 Å². The van der Waals surface area contributed by atoms with E-state index in [0.717, 1.165) is 6.42 Å². The van der Waals surface area contributed by atoms with Crippen molar-refractivity contribution in [3.63, 3.8) is 0 Å². The van der Waals surface area contributed by atoms with E-state index in [1.54, 1.807) is 52.0 Å². The van der Waals surface area contributed by atoms with E-state index in [-0.39, 0.29) is 38.0 Å². The quantitative estimate of drug-likeness (QED) is 0.147. The number of benzene rings is 1. The summed E-state index contributed by atoms with van der Waals surface area (Å²) in [5, 5.41) is 18.9. The Morgan fingerprint density at radius 2 is 1.57 bits per heavy atom. The van der Waals surface area contributed by atoms with Gasteiger partial charge in [0.1, 0.15) is 12.6 Å². The van der Waals surface area contributed by atoms with Crippen molar-refractivity contribution in [2.45, 2.75) is 85.1 Å². The fourth-order valence-corrected chi connectivity index (χ4v) is 3.14. The van der Waals surface area contributed by atoms with E-state index in [1.165, 1.54) is 0 Å². The van der Waals surface area contributed by atoms with Crippen molar-refractivity contribution in [2.75, 3.05) is 25.0 Å². The molecule has 1 rings (SSSR count). The van der Waals surface area contributed by atoms with Gasteiger partial charge in [-0.1, -0.05) is 32.9 Å². The molecule has 0 aliphatic rings. The lowest BCUT2D eigenvalue weighted by molar-refractivity contribution is -0.134. The Bertz CT molecular complexity index is 1020. The predicted molar refractivity (Wildman–Crippen MR) is 158 cm³/mol. The molecule has 0 bridgehead atoms. The van der Waals surface area contributed by atoms with E-state index >= 15 is 0 Å². The van der Waals surface area contributed by atoms with Gasteiger partial charge < -0.3 is 47.3 Å². The minimum Gasteiger partial charge on any atom is -0.450 e. The Morgan fingerprint density at radius 1 is 0.976 bits per heavy atom. The van der Waals surface area contributed by atoms with Gasteiger partial charge in [-0.25, -0.2) is 9.59 Å². The minimum absolute atomic E-state index is 0.0353. The van der Waals surface area contributed by atoms with Gasteiger partial charge in [0, 0.05) is 17.8 Å². The lowest BCUT2D eigenvalue weighted by Crippen LogP contribution is -2.52. The fraction of sp³-hybridized carbons (Fsp3) is 0.607. The highest BCUT2D eigenvalue weighted by Crippen LogP contribution is 2.17. The molecular formula is C28H48N6O8. The molecule has 0 aliphatic heterocycles. The molecule has 14 nitrogen and oxygen atoms in total. The summed E-state index contributed by atoms with van der Waals surface area (Å²) in [6.07, 6.45) is -0.405. The standard InChI is InChI=1S/C24H38N4O7.C4H10N2O/c1-15(2)20(28-18(29)11-24(5,6)35-14-23(3,4)25)21(31)26-12-19(30)27-17-9-7-16(8-10-17)13-34-22(32)33;1-2-3-6-4(5)7/h7-10,15,20H,11-14,25H2,1-6H3,(H,26,31)(H,27,30)(H,28,29)(H,32,33);2-3H2,1H3,(H3,5,6,7). The van der Waals surface area contributed by atoms with Gasteiger partial charge >= 0.3 is 12.2 Å². The largest absolute Gasteiger partial charge is 0.506 e. The number of primary amides is 1. The second kappa shape index (κ2) is 18.5. The number of anilines is 1. The molecule has 1 aromatic rings. The van der Waals surface area contributed by atoms with E-state index in [2.05, 4.69) is 26.0 Å². The zero-order valence-electron chi connectivity index (χ0n) is 25.7. The Labute approximate surface area is 247 Å². The molecule has 0 heterocycles. The maximum Gasteiger partial charge on any atom is 0.506 e. The van der Waals surface area contributed by atoms with Crippen LogP contribution in [0.3, 0.4) is 0 Å². The lowest BCUT2D eigenvalue weighted by Gasteiger charge is -2.30. The third kappa shape index (κ3) is 19.2. The van der Waals surface area contributed by atoms with E-state index in [4.69, 9.17) is 21.3 Å². The zero-order valence-corrected chi connectivity index (χ0v) is 25.7. The topological polar surface area (TPSA) is 224 Å². The zero-order chi connectivity index (χ0) is 32.5. The smallest absolute Gasteiger partial charge is 0.450 e. The number of carbonyl (C=O) groups is 5. The molecule has 0 aliphatic carbocycles. The molecule has 1 unspecified atom stereocenters. The summed E-state index contributed by atoms with van der Waals surface area (Å²) in [6, 6.07) is 5.13. The van der Waals surface area contributed by atoms with Gasteiger partial charge in [-0.15, -0.1) is 0 Å². The molecule has 0 saturated heterocycles. The van der Waals surface area contributed by atoms with Crippen molar-refractivity contribution < 1.29 is 38.6 Å². The molecule has 1 aromatic carbocycles. The highest BCUT2D eigenvalue weighted by molar-refractivity contribution is 5.96. The number of hydrogen-bond donors (Lipinski definition) is 7. The Hall–Kier alpha value is -3.91. The number of amides is 5. The van der Waals surface area contributed by atoms with Crippen LogP contribution in [0.25, 0.3) is 0 Å². The van der Waals surface area contributed by atoms with Crippen LogP contribution in [0.1, 0.15) is 66.9 Å². The van der Waals surface area contributed by atoms with Crippen LogP contribution in [0.2, 0.25) is 0 Å². The number of carboxylic acid groups (broad SMARTS) is 1. The van der Waals surface area contributed by atoms with Crippen molar-refractivity contribution in [1.82, 2.24) is 16.0 Å². The van der Waals surface area contributed by atoms with Crippen LogP contribution in [0.15, 0.2) is 24.3 Å². The van der Waals surface area contributed by atoms with Crippen LogP contribution >= 0.6 is 0 Å². The SMILES string of the molecule is CC(C)C(NC(=O)CC(C)(C)OCC(C)(C)N)C(=O)NCC(=O)Nc1ccc(COC(=O)O)cc1.CCCNC(N)=O. The normalized spacial score (nSPS) is 11.8. The van der Waals surface area contributed by atoms with Crippen LogP contribution in [0.4, 0.5) is 15.3 Å². The van der Waals surface area contributed by atoms with Crippen LogP contribution in [0.5, 0.6) is 0 Å². The average Bonchev–Trinajstić information content (AvgIpc) is 2.87. The number of rotatable bonds is 15. The first-order valence-corrected chi connectivity index (χ1v) is 13.6. The van der Waals surface area contributed by atoms with Gasteiger partial charge in [0.25, 0.3) is 0 Å². The van der Waals surface area contributed by atoms with Crippen molar-refractivity contribution in [3.05, 3.63) is 29.8 Å². The second-order valence-electron chi connectivity index (χ2n) is 11.3. The van der Waals surface area contributed by atoms with Crippen molar-refractivity contribution in [1.29, 1.82) is 0 Å². The summed E-state index contributed by atoms with van der Waals surface area (Å²) >= 11 is 0. The fourth-order valence-electron chi connectivity index (χ4n) is 3.14. The second-order valence-corrected chi connectivity index (χ2v) is 11.3. The van der Waals surface area contributed by atoms with Crippen LogP contribution in [-0.2, 0) is 30.5 Å². The first-order valence-electron chi connectivity index (χ1n) is 13.6. The summed E-state index contributed by atoms with van der Waals surface area (Å²) in [6.45, 7) is 13.3. The van der Waals surface area contributed by atoms with Crippen LogP contribution in [-0.4, -0.2) is 71.9 Å². The number of nitrogens with one attached hydrogen (secondary N) is 4. The molecule has 0 radical (unpaired) electrons. The Kier molecular flexibility index (Phi) is 16.8. The van der Waals surface area contributed by atoms with Gasteiger partial charge in [-0.2, -0.15) is 0 Å². The molecule has 0 saturated carbocycles. The summed E-state index contributed by atoms with van der Waals surface area (Å²) in [5.41, 5.74) is 10.4. The Balaban J connectivity index is 0.00000212. The maximum atomic E-state index is 12.7. The van der Waals surface area contributed by atoms with Crippen molar-refractivity contribution >= 4 is 35.6 Å². The molecule has 1 atom stereocenters. The molecule has 9 N–H and O–H groups in total. The first kappa shape index (κ1) is 38.1. The number of ether oxygens (including phenoxy) is 2. The predicted octanol–water partition coefficient (Wildman–Crippen LogP) is 2.06. The third-order valence-corrected chi connectivity index (χ3v) is 5.26. The van der Waals surface area contributed by atoms with Crippen molar-refractivity contribution in [2.24, 2.45) is 17.4 Å². The highest BCUT2D eigenvalue weighted by Gasteiger charge is 2.29. The molecular weight excluding hydrogens is 548 g/mol. The summed E-state index contributed by atoms with van der Waals surface area (Å²) in [4.78, 5) is 57.8. The average molecular weight is 597 g/mol. The van der Waals surface area contributed by atoms with E-state index in [1.807, 2.05) is 20.8 Å². The third-order valence-electron chi connectivity index (χ3n) is 5.26. The molecule has 42 heavy (non-hydrogen) atoms. The van der Waals surface area contributed by atoms with Crippen molar-refractivity contribution in [3.8, 4) is 0 Å². The summed E-state index contributed by atoms with van der Waals surface area (Å²) in [7, 11) is 0. The van der Waals surface area contributed by atoms with Crippen LogP contribution in [0, 0.1) is 5.92 Å². The Morgan fingerprint density at radius 3 is 2.02 bits per heavy atom. The summed E-state index contributed by atoms with van der Waals surface area (Å²) < 4.78 is 10.2. The maximum absolute atomic E-state index is 12.7. The summed E-state index contributed by atoms with van der Waals surface area (Å²) in [5.74, 6) is -1.50. The molecule has 238 valence electrons. The molecule has 5 amide bonds. The molecule has 0 fully saturated rings. The van der Waals surface area contributed by atoms with Crippen LogP contribution < -0.4 is 32.7 Å². The van der Waals surface area contributed by atoms with Gasteiger partial charge in [0.15, 0.2) is 0 Å². The minimum atomic E-state index is -1.37. The van der Waals surface area contributed by atoms with E-state index < -0.39 is 41.2 Å². The number of carbonyl (C=O) groups excluding carboxylic acids is 4.